The van der Waals surface area contributed by atoms with Crippen LogP contribution in [0.5, 0.6) is 11.5 Å². The SMILES string of the molecule is O=C(Cc1cnn(-c2ccccc2)c1)Nc1ccc(NS(=O)(=O)c2ccc3c(c2)OCCO3)cc1. The van der Waals surface area contributed by atoms with Gasteiger partial charge in [0.2, 0.25) is 5.91 Å². The zero-order valence-corrected chi connectivity index (χ0v) is 19.4. The molecule has 0 unspecified atom stereocenters. The summed E-state index contributed by atoms with van der Waals surface area (Å²) in [6.45, 7) is 0.796. The number of anilines is 2. The Kier molecular flexibility index (Phi) is 6.11. The Morgan fingerprint density at radius 1 is 0.914 bits per heavy atom. The first-order valence-electron chi connectivity index (χ1n) is 10.9. The van der Waals surface area contributed by atoms with Crippen molar-refractivity contribution in [2.24, 2.45) is 0 Å². The number of carbonyl (C=O) groups excluding carboxylic acids is 1. The second-order valence-electron chi connectivity index (χ2n) is 7.84. The van der Waals surface area contributed by atoms with E-state index in [1.807, 2.05) is 36.5 Å². The van der Waals surface area contributed by atoms with Crippen LogP contribution in [0.15, 0.2) is 90.1 Å². The maximum Gasteiger partial charge on any atom is 0.262 e. The minimum Gasteiger partial charge on any atom is -0.486 e. The van der Waals surface area contributed by atoms with Crippen LogP contribution in [0, 0.1) is 0 Å². The lowest BCUT2D eigenvalue weighted by atomic mass is 10.2. The normalized spacial score (nSPS) is 12.7. The van der Waals surface area contributed by atoms with E-state index in [9.17, 15) is 13.2 Å². The molecule has 0 atom stereocenters. The molecule has 1 aliphatic heterocycles. The van der Waals surface area contributed by atoms with Gasteiger partial charge in [0.1, 0.15) is 13.2 Å². The van der Waals surface area contributed by atoms with Crippen molar-refractivity contribution in [3.8, 4) is 17.2 Å². The van der Waals surface area contributed by atoms with Gasteiger partial charge < -0.3 is 14.8 Å². The van der Waals surface area contributed by atoms with Gasteiger partial charge in [0.15, 0.2) is 11.5 Å². The molecule has 2 N–H and O–H groups in total. The number of nitrogens with one attached hydrogen (secondary N) is 2. The molecule has 1 amide bonds. The molecule has 4 aromatic rings. The molecule has 1 aromatic heterocycles. The van der Waals surface area contributed by atoms with E-state index in [0.29, 0.717) is 36.1 Å². The van der Waals surface area contributed by atoms with Gasteiger partial charge in [0.05, 0.1) is 23.2 Å². The number of aromatic nitrogens is 2. The van der Waals surface area contributed by atoms with Crippen LogP contribution >= 0.6 is 0 Å². The second kappa shape index (κ2) is 9.51. The molecule has 0 bridgehead atoms. The minimum absolute atomic E-state index is 0.0650. The monoisotopic (exact) mass is 490 g/mol. The second-order valence-corrected chi connectivity index (χ2v) is 9.52. The van der Waals surface area contributed by atoms with Gasteiger partial charge in [-0.25, -0.2) is 13.1 Å². The average Bonchev–Trinajstić information content (AvgIpc) is 3.33. The van der Waals surface area contributed by atoms with Crippen molar-refractivity contribution in [2.45, 2.75) is 11.3 Å². The van der Waals surface area contributed by atoms with Crippen molar-refractivity contribution in [1.29, 1.82) is 0 Å². The molecular weight excluding hydrogens is 468 g/mol. The van der Waals surface area contributed by atoms with Crippen molar-refractivity contribution in [3.05, 3.63) is 90.8 Å². The number of para-hydroxylation sites is 1. The number of hydrogen-bond acceptors (Lipinski definition) is 6. The maximum atomic E-state index is 12.8. The molecule has 10 heteroatoms. The standard InChI is InChI=1S/C25H22N4O5S/c30-25(14-18-16-26-29(17-18)21-4-2-1-3-5-21)27-19-6-8-20(9-7-19)28-35(31,32)22-10-11-23-24(15-22)34-13-12-33-23/h1-11,15-17,28H,12-14H2,(H,27,30). The summed E-state index contributed by atoms with van der Waals surface area (Å²) in [5.41, 5.74) is 2.60. The van der Waals surface area contributed by atoms with E-state index < -0.39 is 10.0 Å². The van der Waals surface area contributed by atoms with E-state index in [1.54, 1.807) is 41.2 Å². The molecule has 5 rings (SSSR count). The van der Waals surface area contributed by atoms with Crippen LogP contribution in [0.4, 0.5) is 11.4 Å². The molecule has 0 fully saturated rings. The summed E-state index contributed by atoms with van der Waals surface area (Å²) in [5, 5.41) is 7.11. The Balaban J connectivity index is 1.20. The van der Waals surface area contributed by atoms with Crippen LogP contribution in [-0.4, -0.2) is 37.3 Å². The predicted molar refractivity (Wildman–Crippen MR) is 131 cm³/mol. The summed E-state index contributed by atoms with van der Waals surface area (Å²) in [4.78, 5) is 12.5. The number of ether oxygens (including phenoxy) is 2. The van der Waals surface area contributed by atoms with Crippen molar-refractivity contribution in [1.82, 2.24) is 9.78 Å². The van der Waals surface area contributed by atoms with Crippen LogP contribution in [0.1, 0.15) is 5.56 Å². The van der Waals surface area contributed by atoms with Gasteiger partial charge in [0, 0.05) is 23.6 Å². The van der Waals surface area contributed by atoms with Crippen molar-refractivity contribution >= 4 is 27.3 Å². The molecule has 0 spiro atoms. The summed E-state index contributed by atoms with van der Waals surface area (Å²) >= 11 is 0. The lowest BCUT2D eigenvalue weighted by Crippen LogP contribution is -2.17. The summed E-state index contributed by atoms with van der Waals surface area (Å²) in [7, 11) is -3.83. The van der Waals surface area contributed by atoms with E-state index in [0.717, 1.165) is 11.3 Å². The number of nitrogens with zero attached hydrogens (tertiary/aromatic N) is 2. The third kappa shape index (κ3) is 5.28. The number of sulfonamides is 1. The fourth-order valence-corrected chi connectivity index (χ4v) is 4.66. The number of rotatable bonds is 7. The predicted octanol–water partition coefficient (Wildman–Crippen LogP) is 3.63. The van der Waals surface area contributed by atoms with Crippen LogP contribution < -0.4 is 19.5 Å². The first-order valence-corrected chi connectivity index (χ1v) is 12.4. The van der Waals surface area contributed by atoms with Crippen molar-refractivity contribution in [2.75, 3.05) is 23.3 Å². The zero-order chi connectivity index (χ0) is 24.3. The Morgan fingerprint density at radius 3 is 2.40 bits per heavy atom. The first-order chi connectivity index (χ1) is 17.0. The molecule has 1 aliphatic rings. The van der Waals surface area contributed by atoms with E-state index in [4.69, 9.17) is 9.47 Å². The topological polar surface area (TPSA) is 112 Å². The Morgan fingerprint density at radius 2 is 1.63 bits per heavy atom. The quantitative estimate of drug-likeness (QED) is 0.409. The summed E-state index contributed by atoms with van der Waals surface area (Å²) < 4.78 is 40.7. The summed E-state index contributed by atoms with van der Waals surface area (Å²) in [6.07, 6.45) is 3.62. The third-order valence-corrected chi connectivity index (χ3v) is 6.65. The number of hydrogen-bond donors (Lipinski definition) is 2. The van der Waals surface area contributed by atoms with Crippen LogP contribution in [0.25, 0.3) is 5.69 Å². The Bertz CT molecular complexity index is 1450. The summed E-state index contributed by atoms with van der Waals surface area (Å²) in [6, 6.07) is 20.5. The molecule has 2 heterocycles. The highest BCUT2D eigenvalue weighted by Gasteiger charge is 2.19. The summed E-state index contributed by atoms with van der Waals surface area (Å²) in [5.74, 6) is 0.705. The highest BCUT2D eigenvalue weighted by molar-refractivity contribution is 7.92. The first kappa shape index (κ1) is 22.5. The third-order valence-electron chi connectivity index (χ3n) is 5.27. The zero-order valence-electron chi connectivity index (χ0n) is 18.5. The average molecular weight is 491 g/mol. The highest BCUT2D eigenvalue weighted by Crippen LogP contribution is 2.32. The number of fused-ring (bicyclic) bond motifs is 1. The van der Waals surface area contributed by atoms with Gasteiger partial charge in [0.25, 0.3) is 10.0 Å². The van der Waals surface area contributed by atoms with Gasteiger partial charge in [-0.15, -0.1) is 0 Å². The van der Waals surface area contributed by atoms with Gasteiger partial charge >= 0.3 is 0 Å². The lowest BCUT2D eigenvalue weighted by molar-refractivity contribution is -0.115. The largest absolute Gasteiger partial charge is 0.486 e. The molecular formula is C25H22N4O5S. The van der Waals surface area contributed by atoms with Crippen LogP contribution in [0.3, 0.4) is 0 Å². The van der Waals surface area contributed by atoms with Gasteiger partial charge in [-0.1, -0.05) is 18.2 Å². The highest BCUT2D eigenvalue weighted by atomic mass is 32.2. The van der Waals surface area contributed by atoms with Crippen molar-refractivity contribution < 1.29 is 22.7 Å². The lowest BCUT2D eigenvalue weighted by Gasteiger charge is -2.19. The number of amides is 1. The fraction of sp³-hybridized carbons (Fsp3) is 0.120. The Labute approximate surface area is 202 Å². The molecule has 178 valence electrons. The van der Waals surface area contributed by atoms with Crippen LogP contribution in [-0.2, 0) is 21.2 Å². The Hall–Kier alpha value is -4.31. The number of carbonyl (C=O) groups is 1. The van der Waals surface area contributed by atoms with Crippen LogP contribution in [0.2, 0.25) is 0 Å². The molecule has 0 saturated carbocycles. The van der Waals surface area contributed by atoms with Gasteiger partial charge in [-0.3, -0.25) is 9.52 Å². The molecule has 0 radical (unpaired) electrons. The smallest absolute Gasteiger partial charge is 0.262 e. The molecule has 0 aliphatic carbocycles. The molecule has 0 saturated heterocycles. The number of benzene rings is 3. The minimum atomic E-state index is -3.83. The molecule has 3 aromatic carbocycles. The maximum absolute atomic E-state index is 12.8. The van der Waals surface area contributed by atoms with E-state index in [1.165, 1.54) is 12.1 Å². The van der Waals surface area contributed by atoms with E-state index in [-0.39, 0.29) is 17.2 Å². The van der Waals surface area contributed by atoms with Gasteiger partial charge in [-0.2, -0.15) is 5.10 Å². The fourth-order valence-electron chi connectivity index (χ4n) is 3.59. The van der Waals surface area contributed by atoms with E-state index in [2.05, 4.69) is 15.1 Å². The van der Waals surface area contributed by atoms with E-state index >= 15 is 0 Å². The van der Waals surface area contributed by atoms with Crippen molar-refractivity contribution in [3.63, 3.8) is 0 Å². The molecule has 35 heavy (non-hydrogen) atoms. The molecule has 9 nitrogen and oxygen atoms in total. The van der Waals surface area contributed by atoms with Gasteiger partial charge in [-0.05, 0) is 54.1 Å².